The third kappa shape index (κ3) is 7.26. The number of amides is 1. The number of carbonyl (C=O) groups excluding carboxylic acids is 1. The van der Waals surface area contributed by atoms with Gasteiger partial charge in [-0.15, -0.1) is 0 Å². The van der Waals surface area contributed by atoms with Gasteiger partial charge in [0, 0.05) is 6.54 Å². The van der Waals surface area contributed by atoms with Gasteiger partial charge in [0.15, 0.2) is 11.6 Å². The first-order valence-corrected chi connectivity index (χ1v) is 8.08. The summed E-state index contributed by atoms with van der Waals surface area (Å²) < 4.78 is 59.1. The van der Waals surface area contributed by atoms with Gasteiger partial charge in [-0.25, -0.2) is 4.39 Å². The first kappa shape index (κ1) is 20.7. The maximum atomic E-state index is 13.6. The second kappa shape index (κ2) is 9.36. The molecule has 0 fully saturated rings. The van der Waals surface area contributed by atoms with Crippen LogP contribution in [-0.4, -0.2) is 25.8 Å². The Balaban J connectivity index is 1.78. The van der Waals surface area contributed by atoms with Crippen molar-refractivity contribution >= 4 is 5.91 Å². The van der Waals surface area contributed by atoms with Gasteiger partial charge in [-0.05, 0) is 28.8 Å². The molecule has 2 rings (SSSR count). The quantitative estimate of drug-likeness (QED) is 0.704. The van der Waals surface area contributed by atoms with Crippen LogP contribution in [0.4, 0.5) is 17.6 Å². The highest BCUT2D eigenvalue weighted by Crippen LogP contribution is 2.18. The molecule has 8 heteroatoms. The molecule has 0 saturated heterocycles. The molecule has 0 bridgehead atoms. The van der Waals surface area contributed by atoms with Crippen molar-refractivity contribution in [2.75, 3.05) is 13.7 Å². The first-order chi connectivity index (χ1) is 12.8. The zero-order chi connectivity index (χ0) is 19.9. The molecule has 0 heterocycles. The van der Waals surface area contributed by atoms with Gasteiger partial charge < -0.3 is 14.8 Å². The Kier molecular flexibility index (Phi) is 7.18. The van der Waals surface area contributed by atoms with Crippen LogP contribution in [0, 0.1) is 5.82 Å². The Morgan fingerprint density at radius 1 is 1.04 bits per heavy atom. The van der Waals surface area contributed by atoms with E-state index in [0.717, 1.165) is 5.56 Å². The lowest BCUT2D eigenvalue weighted by Gasteiger charge is -2.09. The molecular weight excluding hydrogens is 366 g/mol. The number of rotatable bonds is 8. The molecule has 0 radical (unpaired) electrons. The van der Waals surface area contributed by atoms with Crippen LogP contribution in [0.2, 0.25) is 0 Å². The molecule has 0 aliphatic heterocycles. The van der Waals surface area contributed by atoms with Gasteiger partial charge in [0.1, 0.15) is 6.61 Å². The topological polar surface area (TPSA) is 47.6 Å². The van der Waals surface area contributed by atoms with Gasteiger partial charge in [-0.1, -0.05) is 30.3 Å². The van der Waals surface area contributed by atoms with E-state index in [1.54, 1.807) is 30.3 Å². The van der Waals surface area contributed by atoms with Crippen LogP contribution >= 0.6 is 0 Å². The fourth-order valence-corrected chi connectivity index (χ4v) is 2.31. The number of benzene rings is 2. The lowest BCUT2D eigenvalue weighted by molar-refractivity contribution is -0.176. The van der Waals surface area contributed by atoms with Gasteiger partial charge in [0.25, 0.3) is 0 Å². The van der Waals surface area contributed by atoms with Crippen molar-refractivity contribution in [3.05, 3.63) is 65.0 Å². The number of alkyl halides is 3. The molecule has 0 atom stereocenters. The first-order valence-electron chi connectivity index (χ1n) is 8.08. The summed E-state index contributed by atoms with van der Waals surface area (Å²) in [6.07, 6.45) is -4.33. The molecule has 0 spiro atoms. The van der Waals surface area contributed by atoms with Gasteiger partial charge in [0.05, 0.1) is 20.1 Å². The van der Waals surface area contributed by atoms with E-state index in [0.29, 0.717) is 11.1 Å². The molecule has 2 aromatic carbocycles. The SMILES string of the molecule is COc1ccc(CC(=O)NCc2ccc(COCC(F)(F)F)cc2)cc1F. The van der Waals surface area contributed by atoms with Gasteiger partial charge in [-0.3, -0.25) is 4.79 Å². The highest BCUT2D eigenvalue weighted by molar-refractivity contribution is 5.78. The third-order valence-electron chi connectivity index (χ3n) is 3.63. The summed E-state index contributed by atoms with van der Waals surface area (Å²) in [6.45, 7) is -1.19. The maximum absolute atomic E-state index is 13.6. The fraction of sp³-hybridized carbons (Fsp3) is 0.316. The second-order valence-electron chi connectivity index (χ2n) is 5.85. The van der Waals surface area contributed by atoms with E-state index < -0.39 is 18.6 Å². The van der Waals surface area contributed by atoms with E-state index in [-0.39, 0.29) is 31.2 Å². The Morgan fingerprint density at radius 3 is 2.26 bits per heavy atom. The van der Waals surface area contributed by atoms with Gasteiger partial charge >= 0.3 is 6.18 Å². The number of halogens is 4. The number of methoxy groups -OCH3 is 1. The molecule has 0 aromatic heterocycles. The average molecular weight is 385 g/mol. The monoisotopic (exact) mass is 385 g/mol. The summed E-state index contributed by atoms with van der Waals surface area (Å²) >= 11 is 0. The molecule has 1 amide bonds. The third-order valence-corrected chi connectivity index (χ3v) is 3.63. The summed E-state index contributed by atoms with van der Waals surface area (Å²) in [5, 5.41) is 2.71. The van der Waals surface area contributed by atoms with Crippen molar-refractivity contribution in [3.63, 3.8) is 0 Å². The van der Waals surface area contributed by atoms with Crippen LogP contribution < -0.4 is 10.1 Å². The molecular formula is C19H19F4NO3. The molecule has 1 N–H and O–H groups in total. The Labute approximate surface area is 154 Å². The molecule has 0 aliphatic rings. The fourth-order valence-electron chi connectivity index (χ4n) is 2.31. The molecule has 0 saturated carbocycles. The highest BCUT2D eigenvalue weighted by atomic mass is 19.4. The summed E-state index contributed by atoms with van der Waals surface area (Å²) in [4.78, 5) is 12.0. The lowest BCUT2D eigenvalue weighted by Crippen LogP contribution is -2.24. The van der Waals surface area contributed by atoms with Crippen LogP contribution in [0.1, 0.15) is 16.7 Å². The summed E-state index contributed by atoms with van der Waals surface area (Å²) in [6, 6.07) is 11.0. The van der Waals surface area contributed by atoms with Crippen LogP contribution in [0.25, 0.3) is 0 Å². The van der Waals surface area contributed by atoms with E-state index in [4.69, 9.17) is 4.74 Å². The Hall–Kier alpha value is -2.61. The van der Waals surface area contributed by atoms with E-state index in [1.807, 2.05) is 0 Å². The smallest absolute Gasteiger partial charge is 0.411 e. The van der Waals surface area contributed by atoms with Crippen LogP contribution in [0.5, 0.6) is 5.75 Å². The Bertz CT molecular complexity index is 761. The van der Waals surface area contributed by atoms with Crippen molar-refractivity contribution in [2.24, 2.45) is 0 Å². The molecule has 4 nitrogen and oxygen atoms in total. The van der Waals surface area contributed by atoms with Crippen molar-refractivity contribution in [1.82, 2.24) is 5.32 Å². The number of hydrogen-bond acceptors (Lipinski definition) is 3. The van der Waals surface area contributed by atoms with Gasteiger partial charge in [0.2, 0.25) is 5.91 Å². The minimum Gasteiger partial charge on any atom is -0.494 e. The molecule has 146 valence electrons. The minimum atomic E-state index is -4.35. The maximum Gasteiger partial charge on any atom is 0.411 e. The zero-order valence-corrected chi connectivity index (χ0v) is 14.6. The standard InChI is InChI=1S/C19H19F4NO3/c1-26-17-7-6-15(8-16(17)20)9-18(25)24-10-13-2-4-14(5-3-13)11-27-12-19(21,22)23/h2-8H,9-12H2,1H3,(H,24,25). The van der Waals surface area contributed by atoms with Crippen molar-refractivity contribution in [2.45, 2.75) is 25.7 Å². The predicted molar refractivity (Wildman–Crippen MR) is 90.7 cm³/mol. The van der Waals surface area contributed by atoms with E-state index in [1.165, 1.54) is 19.2 Å². The molecule has 2 aromatic rings. The van der Waals surface area contributed by atoms with E-state index >= 15 is 0 Å². The number of nitrogens with one attached hydrogen (secondary N) is 1. The van der Waals surface area contributed by atoms with Crippen LogP contribution in [-0.2, 0) is 29.1 Å². The van der Waals surface area contributed by atoms with E-state index in [2.05, 4.69) is 10.1 Å². The predicted octanol–water partition coefficient (Wildman–Crippen LogP) is 3.77. The van der Waals surface area contributed by atoms with Crippen molar-refractivity contribution < 1.29 is 31.8 Å². The number of hydrogen-bond donors (Lipinski definition) is 1. The normalized spacial score (nSPS) is 11.3. The molecule has 0 aliphatic carbocycles. The highest BCUT2D eigenvalue weighted by Gasteiger charge is 2.27. The zero-order valence-electron chi connectivity index (χ0n) is 14.6. The molecule has 0 unspecified atom stereocenters. The number of ether oxygens (including phenoxy) is 2. The summed E-state index contributed by atoms with van der Waals surface area (Å²) in [7, 11) is 1.36. The van der Waals surface area contributed by atoms with Crippen LogP contribution in [0.3, 0.4) is 0 Å². The average Bonchev–Trinajstić information content (AvgIpc) is 2.60. The summed E-state index contributed by atoms with van der Waals surface area (Å²) in [5.74, 6) is -0.707. The van der Waals surface area contributed by atoms with Gasteiger partial charge in [-0.2, -0.15) is 13.2 Å². The number of carbonyl (C=O) groups is 1. The summed E-state index contributed by atoms with van der Waals surface area (Å²) in [5.41, 5.74) is 1.90. The Morgan fingerprint density at radius 2 is 1.67 bits per heavy atom. The largest absolute Gasteiger partial charge is 0.494 e. The minimum absolute atomic E-state index is 0.0181. The second-order valence-corrected chi connectivity index (χ2v) is 5.85. The van der Waals surface area contributed by atoms with Crippen molar-refractivity contribution in [1.29, 1.82) is 0 Å². The van der Waals surface area contributed by atoms with Crippen molar-refractivity contribution in [3.8, 4) is 5.75 Å². The van der Waals surface area contributed by atoms with Crippen LogP contribution in [0.15, 0.2) is 42.5 Å². The molecule has 27 heavy (non-hydrogen) atoms. The van der Waals surface area contributed by atoms with E-state index in [9.17, 15) is 22.4 Å². The lowest BCUT2D eigenvalue weighted by atomic mass is 10.1.